The number of nitrogens with one attached hydrogen (secondary N) is 1. The van der Waals surface area contributed by atoms with Crippen LogP contribution in [-0.4, -0.2) is 66.5 Å². The Morgan fingerprint density at radius 1 is 1.33 bits per heavy atom. The highest BCUT2D eigenvalue weighted by Gasteiger charge is 2.24. The molecule has 1 fully saturated rings. The number of amides is 2. The van der Waals surface area contributed by atoms with E-state index in [9.17, 15) is 14.7 Å². The van der Waals surface area contributed by atoms with Gasteiger partial charge in [0.1, 0.15) is 5.75 Å². The van der Waals surface area contributed by atoms with Crippen LogP contribution in [0.4, 0.5) is 0 Å². The number of phenolic OH excluding ortho intramolecular Hbond substituents is 1. The standard InChI is InChI=1S/C18H25N3O3/c1-20(2)10-4-7-17(23)19-15-8-11-21(12-9-15)18(24)14-5-3-6-16(22)13-14/h3-7,13,15,22H,8-12H2,1-2H3,(H,19,23)/b7-4+. The van der Waals surface area contributed by atoms with Crippen LogP contribution < -0.4 is 5.32 Å². The van der Waals surface area contributed by atoms with Gasteiger partial charge in [0.15, 0.2) is 0 Å². The first kappa shape index (κ1) is 18.0. The molecule has 1 aliphatic rings. The van der Waals surface area contributed by atoms with Gasteiger partial charge in [0.05, 0.1) is 0 Å². The third kappa shape index (κ3) is 5.38. The summed E-state index contributed by atoms with van der Waals surface area (Å²) in [7, 11) is 3.89. The van der Waals surface area contributed by atoms with Gasteiger partial charge in [-0.15, -0.1) is 0 Å². The van der Waals surface area contributed by atoms with Crippen molar-refractivity contribution in [3.63, 3.8) is 0 Å². The summed E-state index contributed by atoms with van der Waals surface area (Å²) in [5.41, 5.74) is 0.490. The van der Waals surface area contributed by atoms with E-state index in [-0.39, 0.29) is 23.6 Å². The monoisotopic (exact) mass is 331 g/mol. The van der Waals surface area contributed by atoms with Crippen LogP contribution in [0.15, 0.2) is 36.4 Å². The number of carbonyl (C=O) groups is 2. The molecule has 0 spiro atoms. The van der Waals surface area contributed by atoms with Crippen LogP contribution in [0.5, 0.6) is 5.75 Å². The lowest BCUT2D eigenvalue weighted by molar-refractivity contribution is -0.117. The first-order valence-electron chi connectivity index (χ1n) is 8.16. The smallest absolute Gasteiger partial charge is 0.253 e. The second kappa shape index (κ2) is 8.49. The molecule has 1 aromatic carbocycles. The van der Waals surface area contributed by atoms with E-state index < -0.39 is 0 Å². The highest BCUT2D eigenvalue weighted by Crippen LogP contribution is 2.17. The fourth-order valence-corrected chi connectivity index (χ4v) is 2.67. The lowest BCUT2D eigenvalue weighted by atomic mass is 10.0. The maximum Gasteiger partial charge on any atom is 0.253 e. The molecule has 0 radical (unpaired) electrons. The number of piperidine rings is 1. The van der Waals surface area contributed by atoms with Crippen molar-refractivity contribution < 1.29 is 14.7 Å². The minimum atomic E-state index is -0.0883. The Hall–Kier alpha value is -2.34. The summed E-state index contributed by atoms with van der Waals surface area (Å²) < 4.78 is 0. The molecule has 24 heavy (non-hydrogen) atoms. The van der Waals surface area contributed by atoms with E-state index in [0.29, 0.717) is 18.7 Å². The Labute approximate surface area is 142 Å². The summed E-state index contributed by atoms with van der Waals surface area (Å²) >= 11 is 0. The third-order valence-electron chi connectivity index (χ3n) is 3.96. The van der Waals surface area contributed by atoms with Crippen molar-refractivity contribution in [2.45, 2.75) is 18.9 Å². The lowest BCUT2D eigenvalue weighted by Crippen LogP contribution is -2.46. The molecule has 6 nitrogen and oxygen atoms in total. The number of likely N-dealkylation sites (N-methyl/N-ethyl adjacent to an activating group) is 1. The molecule has 1 heterocycles. The molecule has 0 atom stereocenters. The van der Waals surface area contributed by atoms with E-state index in [1.54, 1.807) is 29.2 Å². The van der Waals surface area contributed by atoms with Gasteiger partial charge in [-0.3, -0.25) is 9.59 Å². The Morgan fingerprint density at radius 3 is 2.67 bits per heavy atom. The highest BCUT2D eigenvalue weighted by molar-refractivity contribution is 5.94. The van der Waals surface area contributed by atoms with Gasteiger partial charge < -0.3 is 20.2 Å². The molecule has 0 aliphatic carbocycles. The lowest BCUT2D eigenvalue weighted by Gasteiger charge is -2.32. The summed E-state index contributed by atoms with van der Waals surface area (Å²) in [6.07, 6.45) is 4.86. The van der Waals surface area contributed by atoms with Gasteiger partial charge in [0.2, 0.25) is 5.91 Å². The van der Waals surface area contributed by atoms with Crippen molar-refractivity contribution in [3.05, 3.63) is 42.0 Å². The predicted molar refractivity (Wildman–Crippen MR) is 92.9 cm³/mol. The molecule has 2 rings (SSSR count). The van der Waals surface area contributed by atoms with E-state index in [1.165, 1.54) is 6.07 Å². The maximum atomic E-state index is 12.4. The number of nitrogens with zero attached hydrogens (tertiary/aromatic N) is 2. The molecule has 0 saturated carbocycles. The van der Waals surface area contributed by atoms with E-state index in [2.05, 4.69) is 5.32 Å². The molecule has 2 N–H and O–H groups in total. The summed E-state index contributed by atoms with van der Waals surface area (Å²) in [5.74, 6) is -0.0799. The topological polar surface area (TPSA) is 72.9 Å². The van der Waals surface area contributed by atoms with Crippen molar-refractivity contribution >= 4 is 11.8 Å². The number of rotatable bonds is 5. The number of hydrogen-bond acceptors (Lipinski definition) is 4. The second-order valence-corrected chi connectivity index (χ2v) is 6.29. The van der Waals surface area contributed by atoms with E-state index in [1.807, 2.05) is 25.1 Å². The van der Waals surface area contributed by atoms with Crippen molar-refractivity contribution in [2.24, 2.45) is 0 Å². The summed E-state index contributed by atoms with van der Waals surface area (Å²) in [6, 6.07) is 6.48. The Kier molecular flexibility index (Phi) is 6.37. The molecule has 0 bridgehead atoms. The first-order valence-corrected chi connectivity index (χ1v) is 8.16. The highest BCUT2D eigenvalue weighted by atomic mass is 16.3. The SMILES string of the molecule is CN(C)C/C=C/C(=O)NC1CCN(C(=O)c2cccc(O)c2)CC1. The average Bonchev–Trinajstić information content (AvgIpc) is 2.54. The largest absolute Gasteiger partial charge is 0.508 e. The molecule has 1 aliphatic heterocycles. The van der Waals surface area contributed by atoms with Crippen LogP contribution in [0.25, 0.3) is 0 Å². The van der Waals surface area contributed by atoms with Gasteiger partial charge in [-0.1, -0.05) is 12.1 Å². The normalized spacial score (nSPS) is 15.9. The molecule has 0 aromatic heterocycles. The quantitative estimate of drug-likeness (QED) is 0.796. The molecule has 1 aromatic rings. The van der Waals surface area contributed by atoms with Crippen molar-refractivity contribution in [1.29, 1.82) is 0 Å². The number of benzene rings is 1. The van der Waals surface area contributed by atoms with Crippen LogP contribution in [0.1, 0.15) is 23.2 Å². The molecule has 130 valence electrons. The number of likely N-dealkylation sites (tertiary alicyclic amines) is 1. The minimum absolute atomic E-state index is 0.0819. The van der Waals surface area contributed by atoms with Crippen LogP contribution >= 0.6 is 0 Å². The van der Waals surface area contributed by atoms with Gasteiger partial charge in [0, 0.05) is 37.3 Å². The summed E-state index contributed by atoms with van der Waals surface area (Å²) in [4.78, 5) is 28.0. The zero-order valence-electron chi connectivity index (χ0n) is 14.2. The van der Waals surface area contributed by atoms with Gasteiger partial charge in [-0.2, -0.15) is 0 Å². The minimum Gasteiger partial charge on any atom is -0.508 e. The average molecular weight is 331 g/mol. The Balaban J connectivity index is 1.80. The molecular formula is C18H25N3O3. The number of aromatic hydroxyl groups is 1. The van der Waals surface area contributed by atoms with Gasteiger partial charge in [-0.05, 0) is 45.1 Å². The number of carbonyl (C=O) groups excluding carboxylic acids is 2. The molecule has 1 saturated heterocycles. The fraction of sp³-hybridized carbons (Fsp3) is 0.444. The molecule has 2 amide bonds. The van der Waals surface area contributed by atoms with Gasteiger partial charge >= 0.3 is 0 Å². The molecule has 6 heteroatoms. The number of phenols is 1. The van der Waals surface area contributed by atoms with E-state index in [0.717, 1.165) is 19.4 Å². The van der Waals surface area contributed by atoms with Crippen molar-refractivity contribution in [3.8, 4) is 5.75 Å². The molecule has 0 unspecified atom stereocenters. The van der Waals surface area contributed by atoms with E-state index >= 15 is 0 Å². The van der Waals surface area contributed by atoms with Crippen molar-refractivity contribution in [1.82, 2.24) is 15.1 Å². The fourth-order valence-electron chi connectivity index (χ4n) is 2.67. The van der Waals surface area contributed by atoms with Crippen LogP contribution in [0.2, 0.25) is 0 Å². The third-order valence-corrected chi connectivity index (χ3v) is 3.96. The Bertz CT molecular complexity index is 605. The first-order chi connectivity index (χ1) is 11.5. The van der Waals surface area contributed by atoms with Gasteiger partial charge in [0.25, 0.3) is 5.91 Å². The zero-order valence-corrected chi connectivity index (χ0v) is 14.2. The number of hydrogen-bond donors (Lipinski definition) is 2. The summed E-state index contributed by atoms with van der Waals surface area (Å²) in [5, 5.41) is 12.5. The zero-order chi connectivity index (χ0) is 17.5. The van der Waals surface area contributed by atoms with Crippen LogP contribution in [-0.2, 0) is 4.79 Å². The van der Waals surface area contributed by atoms with E-state index in [4.69, 9.17) is 0 Å². The summed E-state index contributed by atoms with van der Waals surface area (Å²) in [6.45, 7) is 1.92. The maximum absolute atomic E-state index is 12.4. The van der Waals surface area contributed by atoms with Crippen molar-refractivity contribution in [2.75, 3.05) is 33.7 Å². The molecular weight excluding hydrogens is 306 g/mol. The Morgan fingerprint density at radius 2 is 2.04 bits per heavy atom. The van der Waals surface area contributed by atoms with Crippen LogP contribution in [0.3, 0.4) is 0 Å². The van der Waals surface area contributed by atoms with Gasteiger partial charge in [-0.25, -0.2) is 0 Å². The predicted octanol–water partition coefficient (Wildman–Crippen LogP) is 1.23. The van der Waals surface area contributed by atoms with Crippen LogP contribution in [0, 0.1) is 0 Å². The second-order valence-electron chi connectivity index (χ2n) is 6.29.